The molecule has 1 N–H and O–H groups in total. The van der Waals surface area contributed by atoms with Crippen molar-refractivity contribution in [2.45, 2.75) is 44.0 Å². The standard InChI is InChI=1S/C27H22F9NO2/c1-16(26(32,33)34)11-23(38)37-25(15-17-5-3-2-4-6-17,18-7-9-20(28)10-8-18)19-12-21(29)14-22(13-19)39-27(35,36)24(30)31/h2-10,12-14,16,24H,11,15H2,1H3,(H,37,38). The van der Waals surface area contributed by atoms with Gasteiger partial charge in [-0.1, -0.05) is 49.4 Å². The summed E-state index contributed by atoms with van der Waals surface area (Å²) in [7, 11) is 0. The summed E-state index contributed by atoms with van der Waals surface area (Å²) in [6, 6.07) is 14.2. The number of benzene rings is 3. The number of ether oxygens (including phenoxy) is 1. The van der Waals surface area contributed by atoms with Crippen LogP contribution in [0.5, 0.6) is 5.75 Å². The van der Waals surface area contributed by atoms with Crippen molar-refractivity contribution in [1.29, 1.82) is 0 Å². The minimum Gasteiger partial charge on any atom is -0.428 e. The van der Waals surface area contributed by atoms with Crippen LogP contribution in [-0.4, -0.2) is 24.6 Å². The van der Waals surface area contributed by atoms with E-state index in [-0.39, 0.29) is 17.5 Å². The van der Waals surface area contributed by atoms with Crippen LogP contribution in [0.1, 0.15) is 30.0 Å². The predicted molar refractivity (Wildman–Crippen MR) is 123 cm³/mol. The lowest BCUT2D eigenvalue weighted by molar-refractivity contribution is -0.253. The van der Waals surface area contributed by atoms with Crippen molar-refractivity contribution < 1.29 is 49.0 Å². The average Bonchev–Trinajstić information content (AvgIpc) is 2.83. The number of amides is 1. The molecule has 1 amide bonds. The van der Waals surface area contributed by atoms with Crippen molar-refractivity contribution in [1.82, 2.24) is 5.32 Å². The smallest absolute Gasteiger partial charge is 0.428 e. The first-order chi connectivity index (χ1) is 18.1. The number of rotatable bonds is 10. The fraction of sp³-hybridized carbons (Fsp3) is 0.296. The predicted octanol–water partition coefficient (Wildman–Crippen LogP) is 7.39. The summed E-state index contributed by atoms with van der Waals surface area (Å²) in [4.78, 5) is 13.0. The Kier molecular flexibility index (Phi) is 8.87. The molecular formula is C27H22F9NO2. The monoisotopic (exact) mass is 563 g/mol. The molecule has 0 bridgehead atoms. The molecule has 0 fully saturated rings. The number of alkyl halides is 7. The zero-order valence-electron chi connectivity index (χ0n) is 20.2. The van der Waals surface area contributed by atoms with Gasteiger partial charge in [-0.25, -0.2) is 8.78 Å². The number of carbonyl (C=O) groups excluding carboxylic acids is 1. The molecule has 3 aromatic carbocycles. The molecule has 2 atom stereocenters. The lowest BCUT2D eigenvalue weighted by Gasteiger charge is -2.37. The first-order valence-electron chi connectivity index (χ1n) is 11.5. The first-order valence-corrected chi connectivity index (χ1v) is 11.5. The summed E-state index contributed by atoms with van der Waals surface area (Å²) in [6.07, 6.45) is -15.3. The highest BCUT2D eigenvalue weighted by Crippen LogP contribution is 2.38. The highest BCUT2D eigenvalue weighted by atomic mass is 19.4. The van der Waals surface area contributed by atoms with Crippen molar-refractivity contribution in [2.24, 2.45) is 5.92 Å². The lowest BCUT2D eigenvalue weighted by Crippen LogP contribution is -2.49. The third kappa shape index (κ3) is 7.45. The summed E-state index contributed by atoms with van der Waals surface area (Å²) in [5.41, 5.74) is -1.81. The maximum Gasteiger partial charge on any atom is 0.461 e. The molecule has 0 aliphatic carbocycles. The molecule has 3 nitrogen and oxygen atoms in total. The lowest BCUT2D eigenvalue weighted by atomic mass is 9.77. The number of nitrogens with one attached hydrogen (secondary N) is 1. The van der Waals surface area contributed by atoms with Crippen molar-refractivity contribution in [2.75, 3.05) is 0 Å². The van der Waals surface area contributed by atoms with Crippen LogP contribution in [0, 0.1) is 17.6 Å². The van der Waals surface area contributed by atoms with Crippen LogP contribution in [0.15, 0.2) is 72.8 Å². The normalized spacial score (nSPS) is 14.5. The van der Waals surface area contributed by atoms with Crippen LogP contribution in [0.3, 0.4) is 0 Å². The molecule has 0 aliphatic rings. The zero-order chi connectivity index (χ0) is 29.0. The molecule has 0 saturated heterocycles. The molecule has 0 aliphatic heterocycles. The zero-order valence-corrected chi connectivity index (χ0v) is 20.2. The van der Waals surface area contributed by atoms with Crippen molar-refractivity contribution in [3.63, 3.8) is 0 Å². The Labute approximate surface area is 217 Å². The van der Waals surface area contributed by atoms with Crippen molar-refractivity contribution in [3.8, 4) is 5.75 Å². The van der Waals surface area contributed by atoms with Crippen LogP contribution in [0.2, 0.25) is 0 Å². The van der Waals surface area contributed by atoms with Gasteiger partial charge >= 0.3 is 18.7 Å². The molecule has 0 saturated carbocycles. The van der Waals surface area contributed by atoms with Gasteiger partial charge in [-0.05, 0) is 41.0 Å². The highest BCUT2D eigenvalue weighted by Gasteiger charge is 2.45. The van der Waals surface area contributed by atoms with E-state index >= 15 is 0 Å². The SMILES string of the molecule is CC(CC(=O)NC(Cc1ccccc1)(c1ccc(F)cc1)c1cc(F)cc(OC(F)(F)C(F)F)c1)C(F)(F)F. The second-order valence-corrected chi connectivity index (χ2v) is 8.91. The van der Waals surface area contributed by atoms with Crippen molar-refractivity contribution >= 4 is 5.91 Å². The molecule has 0 spiro atoms. The van der Waals surface area contributed by atoms with Crippen LogP contribution in [-0.2, 0) is 16.8 Å². The van der Waals surface area contributed by atoms with Gasteiger partial charge in [0.15, 0.2) is 0 Å². The topological polar surface area (TPSA) is 38.3 Å². The van der Waals surface area contributed by atoms with Gasteiger partial charge in [0.2, 0.25) is 5.91 Å². The Hall–Kier alpha value is -3.70. The molecule has 210 valence electrons. The second kappa shape index (κ2) is 11.6. The van der Waals surface area contributed by atoms with E-state index in [1.807, 2.05) is 0 Å². The third-order valence-corrected chi connectivity index (χ3v) is 5.92. The number of hydrogen-bond acceptors (Lipinski definition) is 2. The Balaban J connectivity index is 2.23. The van der Waals surface area contributed by atoms with E-state index in [1.165, 1.54) is 12.1 Å². The summed E-state index contributed by atoms with van der Waals surface area (Å²) >= 11 is 0. The highest BCUT2D eigenvalue weighted by molar-refractivity contribution is 5.78. The first kappa shape index (κ1) is 29.9. The minimum absolute atomic E-state index is 0.0398. The number of carbonyl (C=O) groups is 1. The molecule has 0 aromatic heterocycles. The van der Waals surface area contributed by atoms with Crippen LogP contribution >= 0.6 is 0 Å². The van der Waals surface area contributed by atoms with Crippen LogP contribution < -0.4 is 10.1 Å². The van der Waals surface area contributed by atoms with Gasteiger partial charge in [0.05, 0.1) is 11.5 Å². The molecule has 2 unspecified atom stereocenters. The number of hydrogen-bond donors (Lipinski definition) is 1. The molecular weight excluding hydrogens is 541 g/mol. The summed E-state index contributed by atoms with van der Waals surface area (Å²) in [6.45, 7) is 0.775. The second-order valence-electron chi connectivity index (χ2n) is 8.91. The maximum absolute atomic E-state index is 14.7. The van der Waals surface area contributed by atoms with Gasteiger partial charge in [0.1, 0.15) is 17.4 Å². The van der Waals surface area contributed by atoms with E-state index in [9.17, 15) is 44.3 Å². The summed E-state index contributed by atoms with van der Waals surface area (Å²) < 4.78 is 125. The Morgan fingerprint density at radius 1 is 0.846 bits per heavy atom. The molecule has 12 heteroatoms. The van der Waals surface area contributed by atoms with E-state index in [0.717, 1.165) is 31.2 Å². The Morgan fingerprint density at radius 3 is 2.03 bits per heavy atom. The van der Waals surface area contributed by atoms with Gasteiger partial charge in [0, 0.05) is 18.9 Å². The summed E-state index contributed by atoms with van der Waals surface area (Å²) in [5.74, 6) is -6.22. The quantitative estimate of drug-likeness (QED) is 0.261. The Bertz CT molecular complexity index is 1260. The van der Waals surface area contributed by atoms with Gasteiger partial charge in [-0.2, -0.15) is 30.7 Å². The van der Waals surface area contributed by atoms with E-state index < -0.39 is 59.9 Å². The average molecular weight is 563 g/mol. The molecule has 0 radical (unpaired) electrons. The minimum atomic E-state index is -5.01. The van der Waals surface area contributed by atoms with Crippen LogP contribution in [0.25, 0.3) is 0 Å². The van der Waals surface area contributed by atoms with E-state index in [0.29, 0.717) is 11.6 Å². The largest absolute Gasteiger partial charge is 0.461 e. The molecule has 3 rings (SSSR count). The Morgan fingerprint density at radius 2 is 1.46 bits per heavy atom. The molecule has 0 heterocycles. The van der Waals surface area contributed by atoms with Gasteiger partial charge in [-0.3, -0.25) is 4.79 Å². The van der Waals surface area contributed by atoms with E-state index in [2.05, 4.69) is 10.1 Å². The van der Waals surface area contributed by atoms with Gasteiger partial charge in [0.25, 0.3) is 0 Å². The van der Waals surface area contributed by atoms with Gasteiger partial charge < -0.3 is 10.1 Å². The van der Waals surface area contributed by atoms with E-state index in [1.54, 1.807) is 30.3 Å². The molecule has 39 heavy (non-hydrogen) atoms. The summed E-state index contributed by atoms with van der Waals surface area (Å²) in [5, 5.41) is 2.45. The maximum atomic E-state index is 14.7. The van der Waals surface area contributed by atoms with Gasteiger partial charge in [-0.15, -0.1) is 0 Å². The van der Waals surface area contributed by atoms with Crippen molar-refractivity contribution in [3.05, 3.63) is 101 Å². The van der Waals surface area contributed by atoms with E-state index in [4.69, 9.17) is 0 Å². The molecule has 3 aromatic rings. The number of halogens is 9. The fourth-order valence-corrected chi connectivity index (χ4v) is 3.95. The van der Waals surface area contributed by atoms with Crippen LogP contribution in [0.4, 0.5) is 39.5 Å². The third-order valence-electron chi connectivity index (χ3n) is 5.92. The fourth-order valence-electron chi connectivity index (χ4n) is 3.95.